The number of rotatable bonds is 10. The molecule has 2 atom stereocenters. The zero-order chi connectivity index (χ0) is 24.8. The number of thiophene rings is 1. The summed E-state index contributed by atoms with van der Waals surface area (Å²) in [5, 5.41) is 16.7. The third kappa shape index (κ3) is 6.26. The molecule has 0 bridgehead atoms. The lowest BCUT2D eigenvalue weighted by atomic mass is 9.87. The van der Waals surface area contributed by atoms with E-state index in [0.29, 0.717) is 37.9 Å². The van der Waals surface area contributed by atoms with E-state index in [-0.39, 0.29) is 23.6 Å². The summed E-state index contributed by atoms with van der Waals surface area (Å²) in [7, 11) is 0. The number of carbonyl (C=O) groups is 2. The first kappa shape index (κ1) is 24.9. The fourth-order valence-electron chi connectivity index (χ4n) is 4.75. The van der Waals surface area contributed by atoms with Gasteiger partial charge < -0.3 is 4.74 Å². The molecule has 1 aliphatic rings. The van der Waals surface area contributed by atoms with Gasteiger partial charge in [-0.25, -0.2) is 0 Å². The molecule has 1 aromatic carbocycles. The Balaban J connectivity index is 1.31. The molecule has 0 fully saturated rings. The predicted octanol–water partition coefficient (Wildman–Crippen LogP) is 5.24. The van der Waals surface area contributed by atoms with E-state index in [1.807, 2.05) is 37.3 Å². The lowest BCUT2D eigenvalue weighted by Crippen LogP contribution is -2.20. The molecule has 3 aromatic rings. The van der Waals surface area contributed by atoms with Crippen molar-refractivity contribution in [2.24, 2.45) is 5.92 Å². The van der Waals surface area contributed by atoms with Gasteiger partial charge in [-0.3, -0.25) is 14.7 Å². The number of aromatic nitrogens is 2. The summed E-state index contributed by atoms with van der Waals surface area (Å²) in [4.78, 5) is 27.1. The maximum atomic E-state index is 12.8. The number of hydrogen-bond acceptors (Lipinski definition) is 6. The van der Waals surface area contributed by atoms with Crippen molar-refractivity contribution in [1.82, 2.24) is 10.2 Å². The molecular weight excluding hydrogens is 458 g/mol. The fraction of sp³-hybridized carbons (Fsp3) is 0.429. The summed E-state index contributed by atoms with van der Waals surface area (Å²) in [5.74, 6) is 0.364. The minimum absolute atomic E-state index is 0.153. The summed E-state index contributed by atoms with van der Waals surface area (Å²) in [6.45, 7) is 4.40. The van der Waals surface area contributed by atoms with Gasteiger partial charge in [-0.1, -0.05) is 37.3 Å². The maximum absolute atomic E-state index is 12.8. The Hall–Kier alpha value is -3.24. The Labute approximate surface area is 210 Å². The predicted molar refractivity (Wildman–Crippen MR) is 135 cm³/mol. The minimum atomic E-state index is -0.195. The van der Waals surface area contributed by atoms with Gasteiger partial charge in [-0.05, 0) is 61.1 Å². The second-order valence-electron chi connectivity index (χ2n) is 9.46. The molecule has 4 rings (SSSR count). The van der Waals surface area contributed by atoms with Gasteiger partial charge in [0, 0.05) is 34.7 Å². The van der Waals surface area contributed by atoms with Crippen LogP contribution in [0.1, 0.15) is 69.8 Å². The van der Waals surface area contributed by atoms with Crippen LogP contribution in [-0.2, 0) is 40.0 Å². The van der Waals surface area contributed by atoms with Crippen LogP contribution < -0.4 is 0 Å². The summed E-state index contributed by atoms with van der Waals surface area (Å²) < 4.78 is 5.56. The van der Waals surface area contributed by atoms with Crippen molar-refractivity contribution in [3.05, 3.63) is 74.2 Å². The van der Waals surface area contributed by atoms with Crippen molar-refractivity contribution in [2.75, 3.05) is 6.61 Å². The summed E-state index contributed by atoms with van der Waals surface area (Å²) in [6, 6.07) is 12.4. The van der Waals surface area contributed by atoms with Crippen molar-refractivity contribution < 1.29 is 14.3 Å². The number of hydrogen-bond donors (Lipinski definition) is 1. The Morgan fingerprint density at radius 2 is 2.11 bits per heavy atom. The number of benzene rings is 1. The molecule has 2 heterocycles. The summed E-state index contributed by atoms with van der Waals surface area (Å²) in [5.41, 5.74) is 4.95. The van der Waals surface area contributed by atoms with Crippen molar-refractivity contribution in [3.8, 4) is 6.07 Å². The smallest absolute Gasteiger partial charge is 0.306 e. The lowest BCUT2D eigenvalue weighted by molar-refractivity contribution is -0.145. The first-order chi connectivity index (χ1) is 16.9. The number of carbonyl (C=O) groups excluding carboxylic acids is 2. The van der Waals surface area contributed by atoms with E-state index in [1.54, 1.807) is 17.5 Å². The number of nitrogens with zero attached hydrogens (tertiary/aromatic N) is 2. The first-order valence-electron chi connectivity index (χ1n) is 12.2. The van der Waals surface area contributed by atoms with Gasteiger partial charge in [-0.15, -0.1) is 11.3 Å². The van der Waals surface area contributed by atoms with Crippen molar-refractivity contribution >= 4 is 23.1 Å². The number of H-pyrrole nitrogens is 1. The molecule has 35 heavy (non-hydrogen) atoms. The summed E-state index contributed by atoms with van der Waals surface area (Å²) in [6.07, 6.45) is 5.94. The molecule has 0 saturated carbocycles. The van der Waals surface area contributed by atoms with Gasteiger partial charge in [0.25, 0.3) is 0 Å². The van der Waals surface area contributed by atoms with Crippen molar-refractivity contribution in [1.29, 1.82) is 5.26 Å². The molecule has 0 spiro atoms. The van der Waals surface area contributed by atoms with E-state index in [0.717, 1.165) is 46.5 Å². The molecule has 2 aromatic heterocycles. The highest BCUT2D eigenvalue weighted by Crippen LogP contribution is 2.37. The van der Waals surface area contributed by atoms with Crippen molar-refractivity contribution in [3.63, 3.8) is 0 Å². The summed E-state index contributed by atoms with van der Waals surface area (Å²) >= 11 is 1.59. The fourth-order valence-corrected chi connectivity index (χ4v) is 6.20. The maximum Gasteiger partial charge on any atom is 0.306 e. The van der Waals surface area contributed by atoms with Gasteiger partial charge in [0.1, 0.15) is 11.9 Å². The number of nitrogens with one attached hydrogen (secondary N) is 1. The van der Waals surface area contributed by atoms with Gasteiger partial charge in [0.15, 0.2) is 0 Å². The number of nitriles is 1. The average molecular weight is 490 g/mol. The molecule has 182 valence electrons. The Morgan fingerprint density at radius 3 is 2.83 bits per heavy atom. The molecule has 2 unspecified atom stereocenters. The van der Waals surface area contributed by atoms with Crippen LogP contribution in [0.15, 0.2) is 36.5 Å². The number of aromatic amines is 1. The van der Waals surface area contributed by atoms with E-state index in [9.17, 15) is 14.9 Å². The zero-order valence-electron chi connectivity index (χ0n) is 20.3. The van der Waals surface area contributed by atoms with E-state index in [4.69, 9.17) is 4.74 Å². The molecule has 1 N–H and O–H groups in total. The van der Waals surface area contributed by atoms with Gasteiger partial charge in [0.05, 0.1) is 18.4 Å². The Morgan fingerprint density at radius 1 is 1.31 bits per heavy atom. The number of esters is 1. The standard InChI is InChI=1S/C28H31N3O3S/c1-18(21-6-4-3-5-7-21)12-23(32)14-27-25(15-29)24-10-8-20(13-26(24)35-27)17-34-28(33)11-9-22-16-30-31-19(22)2/h3-7,16,18,20H,8-14,17H2,1-2H3,(H,30,31). The molecule has 0 aliphatic heterocycles. The third-order valence-electron chi connectivity index (χ3n) is 6.83. The van der Waals surface area contributed by atoms with Gasteiger partial charge >= 0.3 is 5.97 Å². The molecular formula is C28H31N3O3S. The van der Waals surface area contributed by atoms with Crippen LogP contribution in [0.5, 0.6) is 0 Å². The van der Waals surface area contributed by atoms with Gasteiger partial charge in [-0.2, -0.15) is 10.4 Å². The number of aryl methyl sites for hydroxylation is 2. The highest BCUT2D eigenvalue weighted by atomic mass is 32.1. The normalized spacial score (nSPS) is 15.7. The van der Waals surface area contributed by atoms with Crippen molar-refractivity contribution in [2.45, 2.75) is 64.7 Å². The third-order valence-corrected chi connectivity index (χ3v) is 8.08. The van der Waals surface area contributed by atoms with Crippen LogP contribution in [0.4, 0.5) is 0 Å². The molecule has 0 radical (unpaired) electrons. The minimum Gasteiger partial charge on any atom is -0.465 e. The van der Waals surface area contributed by atoms with Crippen LogP contribution in [0.3, 0.4) is 0 Å². The molecule has 0 saturated heterocycles. The van der Waals surface area contributed by atoms with Crippen LogP contribution in [0.25, 0.3) is 0 Å². The van der Waals surface area contributed by atoms with Crippen LogP contribution in [0, 0.1) is 24.2 Å². The Bertz CT molecular complexity index is 1220. The van der Waals surface area contributed by atoms with E-state index < -0.39 is 0 Å². The number of ether oxygens (including phenoxy) is 1. The highest BCUT2D eigenvalue weighted by molar-refractivity contribution is 7.12. The molecule has 1 aliphatic carbocycles. The van der Waals surface area contributed by atoms with Crippen LogP contribution >= 0.6 is 11.3 Å². The lowest BCUT2D eigenvalue weighted by Gasteiger charge is -2.22. The van der Waals surface area contributed by atoms with Crippen LogP contribution in [-0.4, -0.2) is 28.6 Å². The Kier molecular flexibility index (Phi) is 8.14. The largest absolute Gasteiger partial charge is 0.465 e. The topological polar surface area (TPSA) is 95.8 Å². The zero-order valence-corrected chi connectivity index (χ0v) is 21.1. The van der Waals surface area contributed by atoms with E-state index >= 15 is 0 Å². The monoisotopic (exact) mass is 489 g/mol. The first-order valence-corrected chi connectivity index (χ1v) is 13.0. The highest BCUT2D eigenvalue weighted by Gasteiger charge is 2.27. The second kappa shape index (κ2) is 11.5. The van der Waals surface area contributed by atoms with E-state index in [2.05, 4.69) is 23.2 Å². The number of fused-ring (bicyclic) bond motifs is 1. The number of ketones is 1. The quantitative estimate of drug-likeness (QED) is 0.393. The second-order valence-corrected chi connectivity index (χ2v) is 10.6. The van der Waals surface area contributed by atoms with E-state index in [1.165, 1.54) is 4.88 Å². The SMILES string of the molecule is Cc1[nH]ncc1CCC(=O)OCC1CCc2c(sc(CC(=O)CC(C)c3ccccc3)c2C#N)C1. The van der Waals surface area contributed by atoms with Gasteiger partial charge in [0.2, 0.25) is 0 Å². The molecule has 6 nitrogen and oxygen atoms in total. The van der Waals surface area contributed by atoms with Crippen LogP contribution in [0.2, 0.25) is 0 Å². The molecule has 0 amide bonds. The average Bonchev–Trinajstić information content (AvgIpc) is 3.43. The number of Topliss-reactive ketones (excluding diaryl/α,β-unsaturated/α-hetero) is 1. The molecule has 7 heteroatoms.